The van der Waals surface area contributed by atoms with Gasteiger partial charge in [0.25, 0.3) is 0 Å². The number of rotatable bonds is 5. The van der Waals surface area contributed by atoms with Gasteiger partial charge in [-0.1, -0.05) is 30.3 Å². The second kappa shape index (κ2) is 8.69. The molecule has 0 aliphatic carbocycles. The summed E-state index contributed by atoms with van der Waals surface area (Å²) in [6.07, 6.45) is 3.06. The number of para-hydroxylation sites is 3. The summed E-state index contributed by atoms with van der Waals surface area (Å²) >= 11 is 5.14. The number of hydrogen-bond acceptors (Lipinski definition) is 4. The third-order valence-corrected chi connectivity index (χ3v) is 3.35. The van der Waals surface area contributed by atoms with Gasteiger partial charge in [0.15, 0.2) is 5.11 Å². The van der Waals surface area contributed by atoms with E-state index in [1.807, 2.05) is 42.5 Å². The zero-order valence-corrected chi connectivity index (χ0v) is 14.2. The molecule has 0 saturated carbocycles. The summed E-state index contributed by atoms with van der Waals surface area (Å²) in [5.74, 6) is 0.989. The molecule has 0 saturated heterocycles. The van der Waals surface area contributed by atoms with Gasteiger partial charge >= 0.3 is 0 Å². The van der Waals surface area contributed by atoms with E-state index in [2.05, 4.69) is 10.6 Å². The molecule has 2 aromatic carbocycles. The SMILES string of the molecule is COc1ccccc1C=CC(=O)NC(=S)Nc1ccccc1OC. The van der Waals surface area contributed by atoms with E-state index in [4.69, 9.17) is 21.7 Å². The fraction of sp³-hybridized carbons (Fsp3) is 0.111. The van der Waals surface area contributed by atoms with Crippen molar-refractivity contribution in [2.24, 2.45) is 0 Å². The highest BCUT2D eigenvalue weighted by atomic mass is 32.1. The fourth-order valence-corrected chi connectivity index (χ4v) is 2.24. The molecule has 2 N–H and O–H groups in total. The van der Waals surface area contributed by atoms with Crippen LogP contribution < -0.4 is 20.1 Å². The number of benzene rings is 2. The Hall–Kier alpha value is -2.86. The highest BCUT2D eigenvalue weighted by Gasteiger charge is 2.06. The minimum atomic E-state index is -0.340. The molecule has 0 bridgehead atoms. The van der Waals surface area contributed by atoms with E-state index < -0.39 is 0 Å². The Bertz CT molecular complexity index is 759. The summed E-state index contributed by atoms with van der Waals surface area (Å²) in [6, 6.07) is 14.7. The highest BCUT2D eigenvalue weighted by molar-refractivity contribution is 7.80. The van der Waals surface area contributed by atoms with E-state index in [-0.39, 0.29) is 11.0 Å². The second-order valence-corrected chi connectivity index (χ2v) is 5.13. The van der Waals surface area contributed by atoms with E-state index in [0.717, 1.165) is 5.56 Å². The van der Waals surface area contributed by atoms with Crippen molar-refractivity contribution < 1.29 is 14.3 Å². The minimum Gasteiger partial charge on any atom is -0.496 e. The maximum Gasteiger partial charge on any atom is 0.250 e. The first-order valence-corrected chi connectivity index (χ1v) is 7.61. The van der Waals surface area contributed by atoms with Crippen LogP contribution in [0.2, 0.25) is 0 Å². The molecule has 0 aliphatic rings. The number of carbonyl (C=O) groups excluding carboxylic acids is 1. The average Bonchev–Trinajstić information content (AvgIpc) is 2.60. The molecule has 6 heteroatoms. The van der Waals surface area contributed by atoms with Crippen LogP contribution in [0.1, 0.15) is 5.56 Å². The highest BCUT2D eigenvalue weighted by Crippen LogP contribution is 2.22. The van der Waals surface area contributed by atoms with Crippen LogP contribution in [0.25, 0.3) is 6.08 Å². The molecule has 0 aromatic heterocycles. The van der Waals surface area contributed by atoms with Gasteiger partial charge in [-0.25, -0.2) is 0 Å². The Morgan fingerprint density at radius 3 is 2.33 bits per heavy atom. The lowest BCUT2D eigenvalue weighted by atomic mass is 10.2. The maximum absolute atomic E-state index is 12.0. The van der Waals surface area contributed by atoms with E-state index in [1.54, 1.807) is 26.4 Å². The Kier molecular flexibility index (Phi) is 6.33. The van der Waals surface area contributed by atoms with Crippen molar-refractivity contribution >= 4 is 35.0 Å². The lowest BCUT2D eigenvalue weighted by Crippen LogP contribution is -2.32. The van der Waals surface area contributed by atoms with Crippen molar-refractivity contribution in [2.75, 3.05) is 19.5 Å². The first-order valence-electron chi connectivity index (χ1n) is 7.20. The Labute approximate surface area is 146 Å². The molecule has 0 unspecified atom stereocenters. The van der Waals surface area contributed by atoms with Crippen molar-refractivity contribution in [1.82, 2.24) is 5.32 Å². The molecule has 0 spiro atoms. The maximum atomic E-state index is 12.0. The van der Waals surface area contributed by atoms with Gasteiger partial charge in [0, 0.05) is 11.6 Å². The molecule has 2 aromatic rings. The number of ether oxygens (including phenoxy) is 2. The van der Waals surface area contributed by atoms with E-state index in [1.165, 1.54) is 6.08 Å². The Balaban J connectivity index is 1.96. The van der Waals surface area contributed by atoms with Gasteiger partial charge in [-0.05, 0) is 36.5 Å². The van der Waals surface area contributed by atoms with Crippen LogP contribution >= 0.6 is 12.2 Å². The summed E-state index contributed by atoms with van der Waals surface area (Å²) < 4.78 is 10.4. The zero-order chi connectivity index (χ0) is 17.4. The normalized spacial score (nSPS) is 10.2. The van der Waals surface area contributed by atoms with E-state index in [9.17, 15) is 4.79 Å². The summed E-state index contributed by atoms with van der Waals surface area (Å²) in [7, 11) is 3.15. The first-order chi connectivity index (χ1) is 11.6. The molecular formula is C18H18N2O3S. The zero-order valence-electron chi connectivity index (χ0n) is 13.4. The van der Waals surface area contributed by atoms with E-state index in [0.29, 0.717) is 17.2 Å². The van der Waals surface area contributed by atoms with E-state index >= 15 is 0 Å². The predicted molar refractivity (Wildman–Crippen MR) is 99.4 cm³/mol. The Morgan fingerprint density at radius 1 is 1.00 bits per heavy atom. The van der Waals surface area contributed by atoms with Crippen LogP contribution in [0.15, 0.2) is 54.6 Å². The van der Waals surface area contributed by atoms with Crippen molar-refractivity contribution in [3.63, 3.8) is 0 Å². The van der Waals surface area contributed by atoms with Crippen molar-refractivity contribution in [1.29, 1.82) is 0 Å². The molecule has 0 atom stereocenters. The lowest BCUT2D eigenvalue weighted by Gasteiger charge is -2.11. The molecule has 2 rings (SSSR count). The molecule has 1 amide bonds. The molecule has 124 valence electrons. The number of hydrogen-bond donors (Lipinski definition) is 2. The molecular weight excluding hydrogens is 324 g/mol. The quantitative estimate of drug-likeness (QED) is 0.645. The van der Waals surface area contributed by atoms with Gasteiger partial charge in [-0.3, -0.25) is 10.1 Å². The van der Waals surface area contributed by atoms with Gasteiger partial charge in [-0.2, -0.15) is 0 Å². The number of methoxy groups -OCH3 is 2. The second-order valence-electron chi connectivity index (χ2n) is 4.72. The third kappa shape index (κ3) is 4.82. The molecule has 5 nitrogen and oxygen atoms in total. The van der Waals surface area contributed by atoms with Crippen LogP contribution in [-0.2, 0) is 4.79 Å². The van der Waals surface area contributed by atoms with Crippen LogP contribution in [0.4, 0.5) is 5.69 Å². The van der Waals surface area contributed by atoms with Gasteiger partial charge in [0.2, 0.25) is 5.91 Å². The standard InChI is InChI=1S/C18H18N2O3S/c1-22-15-9-5-3-7-13(15)11-12-17(21)20-18(24)19-14-8-4-6-10-16(14)23-2/h3-12H,1-2H3,(H2,19,20,21,24). The number of nitrogens with one attached hydrogen (secondary N) is 2. The largest absolute Gasteiger partial charge is 0.496 e. The van der Waals surface area contributed by atoms with Crippen LogP contribution in [0.5, 0.6) is 11.5 Å². The summed E-state index contributed by atoms with van der Waals surface area (Å²) in [5, 5.41) is 5.70. The number of thiocarbonyl (C=S) groups is 1. The van der Waals surface area contributed by atoms with Gasteiger partial charge in [0.1, 0.15) is 11.5 Å². The molecule has 0 fully saturated rings. The summed E-state index contributed by atoms with van der Waals surface area (Å²) in [4.78, 5) is 12.0. The third-order valence-electron chi connectivity index (χ3n) is 3.15. The molecule has 0 radical (unpaired) electrons. The van der Waals surface area contributed by atoms with Crippen molar-refractivity contribution in [3.8, 4) is 11.5 Å². The monoisotopic (exact) mass is 342 g/mol. The topological polar surface area (TPSA) is 59.6 Å². The average molecular weight is 342 g/mol. The number of anilines is 1. The van der Waals surface area contributed by atoms with Gasteiger partial charge in [-0.15, -0.1) is 0 Å². The number of amides is 1. The van der Waals surface area contributed by atoms with Crippen LogP contribution in [0.3, 0.4) is 0 Å². The van der Waals surface area contributed by atoms with Crippen molar-refractivity contribution in [3.05, 3.63) is 60.2 Å². The molecule has 0 heterocycles. The summed E-state index contributed by atoms with van der Waals surface area (Å²) in [6.45, 7) is 0. The first kappa shape index (κ1) is 17.5. The van der Waals surface area contributed by atoms with Crippen LogP contribution in [0, 0.1) is 0 Å². The minimum absolute atomic E-state index is 0.189. The predicted octanol–water partition coefficient (Wildman–Crippen LogP) is 3.23. The fourth-order valence-electron chi connectivity index (χ4n) is 2.02. The molecule has 24 heavy (non-hydrogen) atoms. The van der Waals surface area contributed by atoms with Gasteiger partial charge < -0.3 is 14.8 Å². The summed E-state index contributed by atoms with van der Waals surface area (Å²) in [5.41, 5.74) is 1.48. The molecule has 0 aliphatic heterocycles. The smallest absolute Gasteiger partial charge is 0.250 e. The van der Waals surface area contributed by atoms with Crippen LogP contribution in [-0.4, -0.2) is 25.2 Å². The number of carbonyl (C=O) groups is 1. The van der Waals surface area contributed by atoms with Gasteiger partial charge in [0.05, 0.1) is 19.9 Å². The van der Waals surface area contributed by atoms with Crippen molar-refractivity contribution in [2.45, 2.75) is 0 Å². The Morgan fingerprint density at radius 2 is 1.62 bits per heavy atom. The lowest BCUT2D eigenvalue weighted by molar-refractivity contribution is -0.115.